The van der Waals surface area contributed by atoms with Crippen LogP contribution in [0, 0.1) is 0 Å². The maximum atomic E-state index is 5.86. The number of anilines is 2. The van der Waals surface area contributed by atoms with Gasteiger partial charge in [0.25, 0.3) is 0 Å². The van der Waals surface area contributed by atoms with Gasteiger partial charge in [-0.25, -0.2) is 0 Å². The van der Waals surface area contributed by atoms with Crippen molar-refractivity contribution in [3.05, 3.63) is 41.7 Å². The summed E-state index contributed by atoms with van der Waals surface area (Å²) in [4.78, 5) is 2.36. The Morgan fingerprint density at radius 2 is 2.24 bits per heavy atom. The molecule has 1 aromatic heterocycles. The largest absolute Gasteiger partial charge is 0.396 e. The molecule has 2 aromatic rings. The molecule has 0 bridgehead atoms. The van der Waals surface area contributed by atoms with Crippen molar-refractivity contribution in [2.24, 2.45) is 0 Å². The first-order chi connectivity index (χ1) is 8.34. The highest BCUT2D eigenvalue weighted by molar-refractivity contribution is 5.56. The molecular formula is C13H16N4. The van der Waals surface area contributed by atoms with E-state index >= 15 is 0 Å². The quantitative estimate of drug-likeness (QED) is 0.826. The van der Waals surface area contributed by atoms with Gasteiger partial charge in [0.2, 0.25) is 0 Å². The number of aromatic nitrogens is 2. The first-order valence-electron chi connectivity index (χ1n) is 5.95. The molecule has 1 aromatic carbocycles. The second-order valence-corrected chi connectivity index (χ2v) is 4.46. The van der Waals surface area contributed by atoms with Crippen LogP contribution in [0.1, 0.15) is 17.7 Å². The molecule has 3 rings (SSSR count). The molecule has 1 aliphatic rings. The highest BCUT2D eigenvalue weighted by Crippen LogP contribution is 2.28. The van der Waals surface area contributed by atoms with Gasteiger partial charge in [0, 0.05) is 12.2 Å². The Kier molecular flexibility index (Phi) is 2.48. The van der Waals surface area contributed by atoms with E-state index in [-0.39, 0.29) is 0 Å². The zero-order valence-electron chi connectivity index (χ0n) is 9.69. The third-order valence-corrected chi connectivity index (χ3v) is 3.31. The molecule has 88 valence electrons. The van der Waals surface area contributed by atoms with Crippen molar-refractivity contribution in [2.75, 3.05) is 17.2 Å². The minimum atomic E-state index is 0.744. The van der Waals surface area contributed by atoms with E-state index in [2.05, 4.69) is 39.4 Å². The lowest BCUT2D eigenvalue weighted by Crippen LogP contribution is -2.29. The van der Waals surface area contributed by atoms with Gasteiger partial charge >= 0.3 is 0 Å². The second kappa shape index (κ2) is 4.13. The van der Waals surface area contributed by atoms with Gasteiger partial charge in [-0.05, 0) is 24.5 Å². The summed E-state index contributed by atoms with van der Waals surface area (Å²) in [7, 11) is 0. The van der Waals surface area contributed by atoms with Crippen molar-refractivity contribution in [3.63, 3.8) is 0 Å². The van der Waals surface area contributed by atoms with E-state index in [0.717, 1.165) is 24.5 Å². The molecule has 0 amide bonds. The lowest BCUT2D eigenvalue weighted by atomic mass is 10.0. The van der Waals surface area contributed by atoms with Crippen molar-refractivity contribution >= 4 is 11.4 Å². The van der Waals surface area contributed by atoms with Crippen molar-refractivity contribution in [1.29, 1.82) is 0 Å². The van der Waals surface area contributed by atoms with E-state index < -0.39 is 0 Å². The van der Waals surface area contributed by atoms with Gasteiger partial charge in [0.1, 0.15) is 0 Å². The van der Waals surface area contributed by atoms with Gasteiger partial charge in [-0.15, -0.1) is 0 Å². The normalized spacial score (nSPS) is 14.7. The fourth-order valence-electron chi connectivity index (χ4n) is 2.42. The molecule has 3 N–H and O–H groups in total. The van der Waals surface area contributed by atoms with Crippen LogP contribution in [0.3, 0.4) is 0 Å². The number of hydrogen-bond acceptors (Lipinski definition) is 3. The fraction of sp³-hybridized carbons (Fsp3) is 0.308. The minimum absolute atomic E-state index is 0.744. The highest BCUT2D eigenvalue weighted by Gasteiger charge is 2.17. The number of hydrogen-bond donors (Lipinski definition) is 2. The second-order valence-electron chi connectivity index (χ2n) is 4.46. The molecule has 0 aliphatic carbocycles. The lowest BCUT2D eigenvalue weighted by molar-refractivity contribution is 0.683. The van der Waals surface area contributed by atoms with Crippen LogP contribution in [0.15, 0.2) is 30.5 Å². The number of rotatable bonds is 2. The summed E-state index contributed by atoms with van der Waals surface area (Å²) in [6.45, 7) is 1.89. The molecular weight excluding hydrogens is 212 g/mol. The molecule has 0 saturated carbocycles. The first kappa shape index (κ1) is 10.2. The molecule has 0 radical (unpaired) electrons. The smallest absolute Gasteiger partial charge is 0.0774 e. The topological polar surface area (TPSA) is 57.9 Å². The van der Waals surface area contributed by atoms with Gasteiger partial charge in [0.15, 0.2) is 0 Å². The van der Waals surface area contributed by atoms with Crippen molar-refractivity contribution in [3.8, 4) is 0 Å². The number of aromatic amines is 1. The van der Waals surface area contributed by atoms with E-state index in [9.17, 15) is 0 Å². The number of H-pyrrole nitrogens is 1. The van der Waals surface area contributed by atoms with E-state index in [1.807, 2.05) is 0 Å². The van der Waals surface area contributed by atoms with Gasteiger partial charge in [0.05, 0.1) is 24.1 Å². The van der Waals surface area contributed by atoms with Gasteiger partial charge in [-0.2, -0.15) is 5.10 Å². The monoisotopic (exact) mass is 228 g/mol. The third-order valence-electron chi connectivity index (χ3n) is 3.31. The number of para-hydroxylation sites is 1. The average Bonchev–Trinajstić information content (AvgIpc) is 2.76. The van der Waals surface area contributed by atoms with Gasteiger partial charge in [-0.1, -0.05) is 18.2 Å². The first-order valence-corrected chi connectivity index (χ1v) is 5.95. The van der Waals surface area contributed by atoms with Gasteiger partial charge < -0.3 is 10.6 Å². The predicted octanol–water partition coefficient (Wildman–Crippen LogP) is 1.94. The van der Waals surface area contributed by atoms with E-state index in [0.29, 0.717) is 0 Å². The summed E-state index contributed by atoms with van der Waals surface area (Å²) in [6.07, 6.45) is 4.04. The molecule has 0 spiro atoms. The van der Waals surface area contributed by atoms with Gasteiger partial charge in [-0.3, -0.25) is 5.10 Å². The molecule has 4 nitrogen and oxygen atoms in total. The maximum absolute atomic E-state index is 5.86. The molecule has 0 saturated heterocycles. The average molecular weight is 228 g/mol. The van der Waals surface area contributed by atoms with Crippen LogP contribution in [-0.4, -0.2) is 16.7 Å². The van der Waals surface area contributed by atoms with Crippen LogP contribution >= 0.6 is 0 Å². The summed E-state index contributed by atoms with van der Waals surface area (Å²) in [5, 5.41) is 6.93. The van der Waals surface area contributed by atoms with E-state index in [1.54, 1.807) is 6.20 Å². The number of fused-ring (bicyclic) bond motifs is 1. The van der Waals surface area contributed by atoms with Crippen LogP contribution in [-0.2, 0) is 13.0 Å². The summed E-state index contributed by atoms with van der Waals surface area (Å²) >= 11 is 0. The lowest BCUT2D eigenvalue weighted by Gasteiger charge is -2.30. The SMILES string of the molecule is Nc1cn[nH]c1CN1CCCc2ccccc21. The van der Waals surface area contributed by atoms with Crippen LogP contribution in [0.4, 0.5) is 11.4 Å². The minimum Gasteiger partial charge on any atom is -0.396 e. The molecule has 0 fully saturated rings. The Hall–Kier alpha value is -1.97. The third kappa shape index (κ3) is 1.86. The number of nitrogens with zero attached hydrogens (tertiary/aromatic N) is 2. The molecule has 1 aliphatic heterocycles. The Labute approximate surface area is 100 Å². The Balaban J connectivity index is 1.88. The summed E-state index contributed by atoms with van der Waals surface area (Å²) in [5.41, 5.74) is 10.4. The molecule has 2 heterocycles. The zero-order chi connectivity index (χ0) is 11.7. The molecule has 0 atom stereocenters. The highest BCUT2D eigenvalue weighted by atomic mass is 15.2. The van der Waals surface area contributed by atoms with Crippen molar-refractivity contribution in [1.82, 2.24) is 10.2 Å². The molecule has 17 heavy (non-hydrogen) atoms. The number of benzene rings is 1. The number of aryl methyl sites for hydroxylation is 1. The van der Waals surface area contributed by atoms with Crippen LogP contribution in [0.2, 0.25) is 0 Å². The fourth-order valence-corrected chi connectivity index (χ4v) is 2.42. The van der Waals surface area contributed by atoms with Crippen molar-refractivity contribution < 1.29 is 0 Å². The Bertz CT molecular complexity index is 518. The number of nitrogen functional groups attached to an aromatic ring is 1. The Morgan fingerprint density at radius 1 is 1.35 bits per heavy atom. The van der Waals surface area contributed by atoms with Crippen LogP contribution in [0.25, 0.3) is 0 Å². The molecule has 0 unspecified atom stereocenters. The van der Waals surface area contributed by atoms with E-state index in [1.165, 1.54) is 24.1 Å². The van der Waals surface area contributed by atoms with Crippen LogP contribution < -0.4 is 10.6 Å². The summed E-state index contributed by atoms with van der Waals surface area (Å²) in [6, 6.07) is 8.58. The maximum Gasteiger partial charge on any atom is 0.0774 e. The van der Waals surface area contributed by atoms with E-state index in [4.69, 9.17) is 5.73 Å². The van der Waals surface area contributed by atoms with Crippen molar-refractivity contribution in [2.45, 2.75) is 19.4 Å². The van der Waals surface area contributed by atoms with Crippen LogP contribution in [0.5, 0.6) is 0 Å². The predicted molar refractivity (Wildman–Crippen MR) is 68.8 cm³/mol. The number of nitrogens with one attached hydrogen (secondary N) is 1. The number of nitrogens with two attached hydrogens (primary N) is 1. The Morgan fingerprint density at radius 3 is 3.06 bits per heavy atom. The summed E-state index contributed by atoms with van der Waals surface area (Å²) in [5.74, 6) is 0. The standard InChI is InChI=1S/C13H16N4/c14-11-8-15-16-12(11)9-17-7-3-5-10-4-1-2-6-13(10)17/h1-2,4,6,8H,3,5,7,9,14H2,(H,15,16). The molecule has 4 heteroatoms. The summed E-state index contributed by atoms with van der Waals surface area (Å²) < 4.78 is 0. The zero-order valence-corrected chi connectivity index (χ0v) is 9.69.